The Morgan fingerprint density at radius 2 is 1.80 bits per heavy atom. The van der Waals surface area contributed by atoms with Gasteiger partial charge in [-0.3, -0.25) is 23.5 Å². The van der Waals surface area contributed by atoms with Crippen LogP contribution < -0.4 is 16.6 Å². The summed E-state index contributed by atoms with van der Waals surface area (Å²) in [6.45, 7) is 0.776. The van der Waals surface area contributed by atoms with Crippen molar-refractivity contribution >= 4 is 51.7 Å². The molecule has 8 nitrogen and oxygen atoms in total. The first kappa shape index (κ1) is 21.6. The first-order chi connectivity index (χ1) is 14.3. The molecule has 0 unspecified atom stereocenters. The topological polar surface area (TPSA) is 99.4 Å². The van der Waals surface area contributed by atoms with E-state index in [1.807, 2.05) is 0 Å². The van der Waals surface area contributed by atoms with Gasteiger partial charge < -0.3 is 10.1 Å². The van der Waals surface area contributed by atoms with E-state index in [0.29, 0.717) is 15.9 Å². The molecule has 156 valence electrons. The SMILES string of the molecule is CCn1c(=O)c2ccccc2n(CC(=O)OCC(=O)Nc2cc(Cl)ccc2Cl)c1=O. The van der Waals surface area contributed by atoms with Gasteiger partial charge in [-0.1, -0.05) is 35.3 Å². The van der Waals surface area contributed by atoms with Crippen molar-refractivity contribution in [2.45, 2.75) is 20.0 Å². The average Bonchev–Trinajstić information content (AvgIpc) is 2.72. The number of nitrogens with one attached hydrogen (secondary N) is 1. The zero-order valence-electron chi connectivity index (χ0n) is 15.9. The minimum absolute atomic E-state index is 0.153. The number of aromatic nitrogens is 2. The fraction of sp³-hybridized carbons (Fsp3) is 0.200. The van der Waals surface area contributed by atoms with E-state index in [9.17, 15) is 19.2 Å². The summed E-state index contributed by atoms with van der Waals surface area (Å²) in [5.41, 5.74) is -0.472. The van der Waals surface area contributed by atoms with Gasteiger partial charge in [-0.2, -0.15) is 0 Å². The highest BCUT2D eigenvalue weighted by molar-refractivity contribution is 6.35. The van der Waals surface area contributed by atoms with E-state index in [1.165, 1.54) is 12.1 Å². The number of nitrogens with zero attached hydrogens (tertiary/aromatic N) is 2. The van der Waals surface area contributed by atoms with Crippen LogP contribution in [-0.4, -0.2) is 27.6 Å². The second-order valence-corrected chi connectivity index (χ2v) is 7.11. The molecule has 0 radical (unpaired) electrons. The molecule has 0 bridgehead atoms. The van der Waals surface area contributed by atoms with Gasteiger partial charge in [-0.15, -0.1) is 0 Å². The maximum atomic E-state index is 12.6. The lowest BCUT2D eigenvalue weighted by molar-refractivity contribution is -0.147. The van der Waals surface area contributed by atoms with Crippen LogP contribution in [0.25, 0.3) is 10.9 Å². The number of amides is 1. The van der Waals surface area contributed by atoms with Crippen molar-refractivity contribution in [3.8, 4) is 0 Å². The van der Waals surface area contributed by atoms with Crippen molar-refractivity contribution in [3.63, 3.8) is 0 Å². The number of benzene rings is 2. The molecule has 1 amide bonds. The van der Waals surface area contributed by atoms with Gasteiger partial charge in [0.05, 0.1) is 21.6 Å². The van der Waals surface area contributed by atoms with Gasteiger partial charge in [0.15, 0.2) is 6.61 Å². The van der Waals surface area contributed by atoms with Crippen molar-refractivity contribution in [2.24, 2.45) is 0 Å². The molecular formula is C20H17Cl2N3O5. The predicted molar refractivity (Wildman–Crippen MR) is 114 cm³/mol. The van der Waals surface area contributed by atoms with E-state index in [4.69, 9.17) is 27.9 Å². The zero-order valence-corrected chi connectivity index (χ0v) is 17.4. The highest BCUT2D eigenvalue weighted by Crippen LogP contribution is 2.25. The van der Waals surface area contributed by atoms with Crippen LogP contribution in [0, 0.1) is 0 Å². The Labute approximate surface area is 180 Å². The molecule has 0 saturated heterocycles. The molecule has 1 N–H and O–H groups in total. The van der Waals surface area contributed by atoms with Crippen LogP contribution in [0.15, 0.2) is 52.1 Å². The van der Waals surface area contributed by atoms with Gasteiger partial charge in [0.1, 0.15) is 6.54 Å². The molecule has 3 aromatic rings. The fourth-order valence-corrected chi connectivity index (χ4v) is 3.24. The molecule has 0 saturated carbocycles. The number of carbonyl (C=O) groups excluding carboxylic acids is 2. The van der Waals surface area contributed by atoms with E-state index >= 15 is 0 Å². The standard InChI is InChI=1S/C20H17Cl2N3O5/c1-2-24-19(28)13-5-3-4-6-16(13)25(20(24)29)10-18(27)30-11-17(26)23-15-9-12(21)7-8-14(15)22/h3-9H,2,10-11H2,1H3,(H,23,26). The van der Waals surface area contributed by atoms with E-state index < -0.39 is 36.3 Å². The lowest BCUT2D eigenvalue weighted by Crippen LogP contribution is -2.41. The summed E-state index contributed by atoms with van der Waals surface area (Å²) in [5.74, 6) is -1.43. The Bertz CT molecular complexity index is 1250. The quantitative estimate of drug-likeness (QED) is 0.583. The Kier molecular flexibility index (Phi) is 6.59. The number of fused-ring (bicyclic) bond motifs is 1. The normalized spacial score (nSPS) is 10.8. The molecule has 0 aliphatic rings. The lowest BCUT2D eigenvalue weighted by atomic mass is 10.2. The monoisotopic (exact) mass is 449 g/mol. The molecule has 0 fully saturated rings. The van der Waals surface area contributed by atoms with Crippen LogP contribution >= 0.6 is 23.2 Å². The number of carbonyl (C=O) groups is 2. The predicted octanol–water partition coefficient (Wildman–Crippen LogP) is 2.67. The first-order valence-electron chi connectivity index (χ1n) is 8.94. The number of halogens is 2. The maximum absolute atomic E-state index is 12.6. The minimum Gasteiger partial charge on any atom is -0.454 e. The number of hydrogen-bond donors (Lipinski definition) is 1. The fourth-order valence-electron chi connectivity index (χ4n) is 2.90. The van der Waals surface area contributed by atoms with Crippen molar-refractivity contribution < 1.29 is 14.3 Å². The van der Waals surface area contributed by atoms with Crippen LogP contribution in [0.2, 0.25) is 10.0 Å². The number of para-hydroxylation sites is 1. The van der Waals surface area contributed by atoms with Crippen molar-refractivity contribution in [1.29, 1.82) is 0 Å². The van der Waals surface area contributed by atoms with Crippen LogP contribution in [0.5, 0.6) is 0 Å². The Morgan fingerprint density at radius 1 is 1.07 bits per heavy atom. The van der Waals surface area contributed by atoms with Crippen LogP contribution in [0.3, 0.4) is 0 Å². The first-order valence-corrected chi connectivity index (χ1v) is 9.70. The highest BCUT2D eigenvalue weighted by Gasteiger charge is 2.16. The second kappa shape index (κ2) is 9.15. The molecule has 1 heterocycles. The van der Waals surface area contributed by atoms with Gasteiger partial charge in [0.25, 0.3) is 11.5 Å². The maximum Gasteiger partial charge on any atom is 0.332 e. The van der Waals surface area contributed by atoms with E-state index in [2.05, 4.69) is 5.32 Å². The summed E-state index contributed by atoms with van der Waals surface area (Å²) in [5, 5.41) is 3.45. The molecule has 0 atom stereocenters. The summed E-state index contributed by atoms with van der Waals surface area (Å²) in [6.07, 6.45) is 0. The van der Waals surface area contributed by atoms with Gasteiger partial charge >= 0.3 is 11.7 Å². The van der Waals surface area contributed by atoms with Crippen molar-refractivity contribution in [2.75, 3.05) is 11.9 Å². The summed E-state index contributed by atoms with van der Waals surface area (Å²) < 4.78 is 7.16. The Morgan fingerprint density at radius 3 is 2.53 bits per heavy atom. The van der Waals surface area contributed by atoms with E-state index in [0.717, 1.165) is 9.13 Å². The third-order valence-electron chi connectivity index (χ3n) is 4.30. The summed E-state index contributed by atoms with van der Waals surface area (Å²) in [7, 11) is 0. The molecule has 1 aromatic heterocycles. The molecule has 0 spiro atoms. The molecule has 2 aromatic carbocycles. The van der Waals surface area contributed by atoms with Gasteiger partial charge in [0.2, 0.25) is 0 Å². The second-order valence-electron chi connectivity index (χ2n) is 6.27. The zero-order chi connectivity index (χ0) is 21.8. The summed E-state index contributed by atoms with van der Waals surface area (Å²) >= 11 is 11.8. The summed E-state index contributed by atoms with van der Waals surface area (Å²) in [6, 6.07) is 11.0. The number of ether oxygens (including phenoxy) is 1. The molecule has 10 heteroatoms. The molecule has 30 heavy (non-hydrogen) atoms. The Balaban J connectivity index is 1.74. The van der Waals surface area contributed by atoms with Crippen LogP contribution in [0.4, 0.5) is 5.69 Å². The number of esters is 1. The lowest BCUT2D eigenvalue weighted by Gasteiger charge is -2.13. The van der Waals surface area contributed by atoms with E-state index in [1.54, 1.807) is 37.3 Å². The third kappa shape index (κ3) is 4.55. The smallest absolute Gasteiger partial charge is 0.332 e. The van der Waals surface area contributed by atoms with Gasteiger partial charge in [-0.05, 0) is 37.3 Å². The molecular weight excluding hydrogens is 433 g/mol. The van der Waals surface area contributed by atoms with Gasteiger partial charge in [-0.25, -0.2) is 4.79 Å². The number of hydrogen-bond acceptors (Lipinski definition) is 5. The molecule has 0 aliphatic heterocycles. The van der Waals surface area contributed by atoms with Gasteiger partial charge in [0, 0.05) is 11.6 Å². The third-order valence-corrected chi connectivity index (χ3v) is 4.87. The minimum atomic E-state index is -0.809. The van der Waals surface area contributed by atoms with Crippen LogP contribution in [0.1, 0.15) is 6.92 Å². The Hall–Kier alpha value is -3.10. The van der Waals surface area contributed by atoms with Crippen molar-refractivity contribution in [1.82, 2.24) is 9.13 Å². The molecule has 0 aliphatic carbocycles. The highest BCUT2D eigenvalue weighted by atomic mass is 35.5. The van der Waals surface area contributed by atoms with E-state index in [-0.39, 0.29) is 17.3 Å². The molecule has 3 rings (SSSR count). The van der Waals surface area contributed by atoms with Crippen LogP contribution in [-0.2, 0) is 27.4 Å². The summed E-state index contributed by atoms with van der Waals surface area (Å²) in [4.78, 5) is 49.4. The number of rotatable bonds is 6. The number of anilines is 1. The average molecular weight is 450 g/mol. The van der Waals surface area contributed by atoms with Crippen molar-refractivity contribution in [3.05, 3.63) is 73.3 Å². The largest absolute Gasteiger partial charge is 0.454 e.